The number of aliphatic hydroxyl groups excluding tert-OH is 2. The van der Waals surface area contributed by atoms with Crippen LogP contribution in [0.25, 0.3) is 0 Å². The number of phosphoric acid groups is 2. The van der Waals surface area contributed by atoms with Crippen molar-refractivity contribution in [1.82, 2.24) is 0 Å². The Hall–Kier alpha value is -5.09. The SMILES string of the molecule is CC/C=C\C/C=C\C/C=C\C/C=C\C/C=C\C/C=C\CCCCCCCCC(=O)OCC(O)COP(=O)(O)OCC(O)COP(=O)(O)OCC(COC(=O)CCCCCCC/C=C\C/C=C\C/C=C\C/C=C\CCCCC)OC(=O)CCCCCCCC/C=C\C/C=C\C/C=C\C/C=C\CC. The normalized spacial score (nSPS) is 15.0. The summed E-state index contributed by atoms with van der Waals surface area (Å²) in [5.41, 5.74) is 0. The minimum Gasteiger partial charge on any atom is -0.463 e. The Morgan fingerprint density at radius 2 is 0.525 bits per heavy atom. The summed E-state index contributed by atoms with van der Waals surface area (Å²) >= 11 is 0. The Morgan fingerprint density at radius 3 is 0.832 bits per heavy atom. The van der Waals surface area contributed by atoms with Crippen molar-refractivity contribution in [1.29, 1.82) is 0 Å². The summed E-state index contributed by atoms with van der Waals surface area (Å²) in [6.07, 6.45) is 93.8. The van der Waals surface area contributed by atoms with Crippen LogP contribution in [0.3, 0.4) is 0 Å². The molecular formula is C83H136O16P2. The number of unbranched alkanes of at least 4 members (excludes halogenated alkanes) is 20. The molecule has 5 atom stereocenters. The molecule has 0 spiro atoms. The van der Waals surface area contributed by atoms with Crippen LogP contribution in [0.5, 0.6) is 0 Å². The highest BCUT2D eigenvalue weighted by atomic mass is 31.2. The number of esters is 3. The molecule has 18 heteroatoms. The van der Waals surface area contributed by atoms with E-state index in [1.54, 1.807) is 0 Å². The number of carbonyl (C=O) groups is 3. The van der Waals surface area contributed by atoms with Crippen LogP contribution in [0.2, 0.25) is 0 Å². The molecule has 5 unspecified atom stereocenters. The van der Waals surface area contributed by atoms with Gasteiger partial charge in [-0.3, -0.25) is 32.5 Å². The van der Waals surface area contributed by atoms with E-state index in [0.717, 1.165) is 193 Å². The van der Waals surface area contributed by atoms with Crippen molar-refractivity contribution in [3.05, 3.63) is 170 Å². The summed E-state index contributed by atoms with van der Waals surface area (Å²) in [7, 11) is -9.82. The average molecular weight is 1450 g/mol. The third-order valence-corrected chi connectivity index (χ3v) is 17.3. The van der Waals surface area contributed by atoms with Gasteiger partial charge in [0.25, 0.3) is 0 Å². The number of rotatable bonds is 71. The van der Waals surface area contributed by atoms with Gasteiger partial charge in [-0.05, 0) is 154 Å². The van der Waals surface area contributed by atoms with Crippen LogP contribution in [-0.4, -0.2) is 95.9 Å². The molecule has 0 aliphatic rings. The van der Waals surface area contributed by atoms with Crippen molar-refractivity contribution in [3.63, 3.8) is 0 Å². The lowest BCUT2D eigenvalue weighted by molar-refractivity contribution is -0.161. The zero-order valence-electron chi connectivity index (χ0n) is 62.5. The first-order chi connectivity index (χ1) is 49.2. The molecule has 0 aromatic rings. The third kappa shape index (κ3) is 75.9. The predicted molar refractivity (Wildman–Crippen MR) is 417 cm³/mol. The molecule has 0 aliphatic carbocycles. The lowest BCUT2D eigenvalue weighted by Gasteiger charge is -2.21. The zero-order valence-corrected chi connectivity index (χ0v) is 64.3. The summed E-state index contributed by atoms with van der Waals surface area (Å²) in [5, 5.41) is 20.6. The third-order valence-electron chi connectivity index (χ3n) is 15.4. The van der Waals surface area contributed by atoms with E-state index in [4.69, 9.17) is 32.3 Å². The second-order valence-corrected chi connectivity index (χ2v) is 27.9. The average Bonchev–Trinajstić information content (AvgIpc) is 0.990. The Balaban J connectivity index is 4.72. The first-order valence-electron chi connectivity index (χ1n) is 38.4. The van der Waals surface area contributed by atoms with Crippen LogP contribution in [-0.2, 0) is 55.8 Å². The van der Waals surface area contributed by atoms with E-state index >= 15 is 0 Å². The Bertz CT molecular complexity index is 2520. The summed E-state index contributed by atoms with van der Waals surface area (Å²) < 4.78 is 61.1. The van der Waals surface area contributed by atoms with Crippen LogP contribution in [0, 0.1) is 0 Å². The zero-order chi connectivity index (χ0) is 73.7. The van der Waals surface area contributed by atoms with E-state index < -0.39 is 91.5 Å². The Kier molecular flexibility index (Phi) is 70.9. The van der Waals surface area contributed by atoms with Gasteiger partial charge in [0.1, 0.15) is 25.4 Å². The van der Waals surface area contributed by atoms with Gasteiger partial charge in [0, 0.05) is 19.3 Å². The maximum atomic E-state index is 13.0. The number of allylic oxidation sites excluding steroid dienone is 28. The fourth-order valence-electron chi connectivity index (χ4n) is 9.61. The largest absolute Gasteiger partial charge is 0.472 e. The molecule has 0 aliphatic heterocycles. The van der Waals surface area contributed by atoms with Crippen LogP contribution in [0.1, 0.15) is 278 Å². The molecule has 0 saturated carbocycles. The molecule has 0 fully saturated rings. The fraction of sp³-hybridized carbons (Fsp3) is 0.627. The van der Waals surface area contributed by atoms with E-state index in [1.807, 2.05) is 0 Å². The van der Waals surface area contributed by atoms with Gasteiger partial charge >= 0.3 is 33.6 Å². The number of aliphatic hydroxyl groups is 2. The molecule has 4 N–H and O–H groups in total. The van der Waals surface area contributed by atoms with Crippen LogP contribution < -0.4 is 0 Å². The molecule has 0 bridgehead atoms. The number of ether oxygens (including phenoxy) is 3. The summed E-state index contributed by atoms with van der Waals surface area (Å²) in [6, 6.07) is 0. The molecular weight excluding hydrogens is 1310 g/mol. The molecule has 0 aromatic carbocycles. The van der Waals surface area contributed by atoms with Crippen molar-refractivity contribution in [2.45, 2.75) is 296 Å². The first kappa shape index (κ1) is 95.9. The second-order valence-electron chi connectivity index (χ2n) is 25.0. The number of hydrogen-bond acceptors (Lipinski definition) is 14. The molecule has 0 aromatic heterocycles. The minimum absolute atomic E-state index is 0.0773. The van der Waals surface area contributed by atoms with Gasteiger partial charge in [-0.25, -0.2) is 9.13 Å². The Morgan fingerprint density at radius 1 is 0.287 bits per heavy atom. The van der Waals surface area contributed by atoms with E-state index in [-0.39, 0.29) is 19.3 Å². The summed E-state index contributed by atoms with van der Waals surface area (Å²) in [5.74, 6) is -1.63. The molecule has 0 radical (unpaired) electrons. The lowest BCUT2D eigenvalue weighted by Crippen LogP contribution is -2.30. The van der Waals surface area contributed by atoms with E-state index in [9.17, 15) is 43.5 Å². The van der Waals surface area contributed by atoms with E-state index in [0.29, 0.717) is 19.3 Å². The van der Waals surface area contributed by atoms with Crippen LogP contribution in [0.15, 0.2) is 170 Å². The summed E-state index contributed by atoms with van der Waals surface area (Å²) in [6.45, 7) is 2.35. The predicted octanol–water partition coefficient (Wildman–Crippen LogP) is 22.4. The van der Waals surface area contributed by atoms with Gasteiger partial charge in [0.2, 0.25) is 0 Å². The van der Waals surface area contributed by atoms with Gasteiger partial charge in [-0.1, -0.05) is 274 Å². The van der Waals surface area contributed by atoms with Crippen molar-refractivity contribution in [2.75, 3.05) is 39.6 Å². The maximum absolute atomic E-state index is 13.0. The molecule has 0 saturated heterocycles. The number of phosphoric ester groups is 2. The molecule has 574 valence electrons. The lowest BCUT2D eigenvalue weighted by atomic mass is 10.1. The van der Waals surface area contributed by atoms with E-state index in [1.165, 1.54) is 25.7 Å². The topological polar surface area (TPSA) is 231 Å². The highest BCUT2D eigenvalue weighted by Gasteiger charge is 2.29. The Labute approximate surface area is 612 Å². The number of hydrogen-bond donors (Lipinski definition) is 4. The van der Waals surface area contributed by atoms with Gasteiger partial charge in [0.05, 0.1) is 26.4 Å². The summed E-state index contributed by atoms with van der Waals surface area (Å²) in [4.78, 5) is 58.7. The smallest absolute Gasteiger partial charge is 0.463 e. The van der Waals surface area contributed by atoms with Crippen molar-refractivity contribution in [2.24, 2.45) is 0 Å². The quantitative estimate of drug-likeness (QED) is 0.0146. The second kappa shape index (κ2) is 74.6. The monoisotopic (exact) mass is 1450 g/mol. The van der Waals surface area contributed by atoms with Crippen molar-refractivity contribution < 1.29 is 75.8 Å². The van der Waals surface area contributed by atoms with Crippen LogP contribution in [0.4, 0.5) is 0 Å². The highest BCUT2D eigenvalue weighted by Crippen LogP contribution is 2.45. The van der Waals surface area contributed by atoms with Crippen molar-refractivity contribution in [3.8, 4) is 0 Å². The highest BCUT2D eigenvalue weighted by molar-refractivity contribution is 7.47. The van der Waals surface area contributed by atoms with Crippen LogP contribution >= 0.6 is 15.6 Å². The van der Waals surface area contributed by atoms with Gasteiger partial charge in [-0.2, -0.15) is 0 Å². The fourth-order valence-corrected chi connectivity index (χ4v) is 11.2. The molecule has 101 heavy (non-hydrogen) atoms. The first-order valence-corrected chi connectivity index (χ1v) is 41.4. The van der Waals surface area contributed by atoms with Gasteiger partial charge in [0.15, 0.2) is 6.10 Å². The van der Waals surface area contributed by atoms with Gasteiger partial charge < -0.3 is 34.2 Å². The molecule has 16 nitrogen and oxygen atoms in total. The van der Waals surface area contributed by atoms with E-state index in [2.05, 4.69) is 191 Å². The number of carbonyl (C=O) groups excluding carboxylic acids is 3. The molecule has 0 amide bonds. The molecule has 0 rings (SSSR count). The van der Waals surface area contributed by atoms with Crippen molar-refractivity contribution >= 4 is 33.6 Å². The minimum atomic E-state index is -4.95. The maximum Gasteiger partial charge on any atom is 0.472 e. The van der Waals surface area contributed by atoms with Gasteiger partial charge in [-0.15, -0.1) is 0 Å². The molecule has 0 heterocycles. The standard InChI is InChI=1S/C83H136O16P2/c1-4-7-10-13-16-19-22-25-28-31-34-36-37-38-39-41-44-45-48-51-54-57-60-63-66-69-81(86)93-72-78(84)73-95-100(89,90)96-74-79(85)75-97-101(91,92)98-77-80(99-83(88)71-68-65-62-59-56-53-50-47-42-33-30-27-24-21-18-15-12-9-6-3)76-94-82(87)70-67-64-61-58-55-52-49-46-43-40-35-32-29-26-23-20-17-14-11-8-5-2/h7,9-10,12,16-21,25-30,34-36,38-40,42,44-47,49,78-80,84-85H,4-6,8,11,13-15,22-24,31-33,37,41,43,48,50-77H2,1-3H3,(H,89,90)(H,91,92)/b10-7-,12-9-,19-16-,20-17-,21-18-,28-25-,29-26-,30-27-,36-34-,39-38-,40-35-,45-44-,47-42-,49-46-.